The number of ether oxygens (including phenoxy) is 3. The number of ketones is 1. The first-order valence-corrected chi connectivity index (χ1v) is 14.8. The minimum absolute atomic E-state index is 0.126. The van der Waals surface area contributed by atoms with Crippen molar-refractivity contribution in [2.24, 2.45) is 0 Å². The molecule has 0 heterocycles. The Kier molecular flexibility index (Phi) is 9.18. The molecule has 222 valence electrons. The molecule has 6 aromatic carbocycles. The second-order valence-corrected chi connectivity index (χ2v) is 10.5. The van der Waals surface area contributed by atoms with Crippen LogP contribution in [0.5, 0.6) is 23.0 Å². The number of benzene rings is 6. The minimum atomic E-state index is -0.272. The molecular formula is C40H32O5. The van der Waals surface area contributed by atoms with E-state index in [2.05, 4.69) is 0 Å². The summed E-state index contributed by atoms with van der Waals surface area (Å²) in [4.78, 5) is 13.6. The molecule has 0 saturated heterocycles. The molecule has 45 heavy (non-hydrogen) atoms. The van der Waals surface area contributed by atoms with Crippen LogP contribution in [-0.2, 0) is 19.8 Å². The third kappa shape index (κ3) is 7.40. The average molecular weight is 593 g/mol. The smallest absolute Gasteiger partial charge is 0.203 e. The van der Waals surface area contributed by atoms with Crippen molar-refractivity contribution >= 4 is 22.6 Å². The number of carbonyl (C=O) groups excluding carboxylic acids is 1. The van der Waals surface area contributed by atoms with E-state index in [0.29, 0.717) is 35.0 Å². The van der Waals surface area contributed by atoms with Crippen LogP contribution < -0.4 is 14.2 Å². The van der Waals surface area contributed by atoms with Crippen molar-refractivity contribution in [3.05, 3.63) is 173 Å². The summed E-state index contributed by atoms with van der Waals surface area (Å²) in [6.07, 6.45) is 3.07. The minimum Gasteiger partial charge on any atom is -0.507 e. The van der Waals surface area contributed by atoms with Gasteiger partial charge in [0.15, 0.2) is 17.3 Å². The van der Waals surface area contributed by atoms with Crippen LogP contribution in [0.15, 0.2) is 146 Å². The summed E-state index contributed by atoms with van der Waals surface area (Å²) in [5.74, 6) is 1.06. The van der Waals surface area contributed by atoms with Crippen LogP contribution in [0, 0.1) is 0 Å². The van der Waals surface area contributed by atoms with Gasteiger partial charge >= 0.3 is 0 Å². The number of hydrogen-bond acceptors (Lipinski definition) is 5. The molecule has 0 aromatic heterocycles. The molecule has 0 radical (unpaired) electrons. The maximum absolute atomic E-state index is 13.6. The number of phenolic OH excluding ortho intramolecular Hbond substituents is 1. The fourth-order valence-electron chi connectivity index (χ4n) is 4.94. The molecule has 0 amide bonds. The zero-order chi connectivity index (χ0) is 30.8. The van der Waals surface area contributed by atoms with E-state index in [0.717, 1.165) is 27.5 Å². The number of hydrogen-bond donors (Lipinski definition) is 1. The first-order chi connectivity index (χ1) is 22.1. The van der Waals surface area contributed by atoms with E-state index in [1.807, 2.05) is 121 Å². The first kappa shape index (κ1) is 29.3. The Morgan fingerprint density at radius 2 is 1.07 bits per heavy atom. The van der Waals surface area contributed by atoms with Gasteiger partial charge in [-0.1, -0.05) is 127 Å². The number of aromatic hydroxyl groups is 1. The summed E-state index contributed by atoms with van der Waals surface area (Å²) in [6, 6.07) is 44.1. The molecule has 0 aliphatic carbocycles. The fourth-order valence-corrected chi connectivity index (χ4v) is 4.94. The summed E-state index contributed by atoms with van der Waals surface area (Å²) in [5.41, 5.74) is 3.85. The van der Waals surface area contributed by atoms with Crippen molar-refractivity contribution in [3.63, 3.8) is 0 Å². The molecule has 6 aromatic rings. The second-order valence-electron chi connectivity index (χ2n) is 10.5. The molecule has 6 rings (SSSR count). The first-order valence-electron chi connectivity index (χ1n) is 14.8. The molecule has 0 bridgehead atoms. The molecule has 0 aliphatic heterocycles. The van der Waals surface area contributed by atoms with Crippen molar-refractivity contribution in [2.75, 3.05) is 0 Å². The molecule has 0 spiro atoms. The molecule has 0 aliphatic rings. The molecule has 5 nitrogen and oxygen atoms in total. The normalized spacial score (nSPS) is 11.0. The van der Waals surface area contributed by atoms with Crippen LogP contribution in [0.2, 0.25) is 0 Å². The summed E-state index contributed by atoms with van der Waals surface area (Å²) in [6.45, 7) is 0.844. The van der Waals surface area contributed by atoms with E-state index < -0.39 is 0 Å². The molecule has 1 N–H and O–H groups in total. The zero-order valence-electron chi connectivity index (χ0n) is 24.6. The van der Waals surface area contributed by atoms with Crippen LogP contribution in [-0.4, -0.2) is 10.9 Å². The van der Waals surface area contributed by atoms with Gasteiger partial charge in [0.05, 0.1) is 0 Å². The quantitative estimate of drug-likeness (QED) is 0.113. The lowest BCUT2D eigenvalue weighted by molar-refractivity contribution is 0.104. The van der Waals surface area contributed by atoms with Crippen molar-refractivity contribution in [3.8, 4) is 23.0 Å². The van der Waals surface area contributed by atoms with Crippen LogP contribution >= 0.6 is 0 Å². The zero-order valence-corrected chi connectivity index (χ0v) is 24.6. The molecule has 0 fully saturated rings. The van der Waals surface area contributed by atoms with Gasteiger partial charge in [-0.3, -0.25) is 4.79 Å². The molecule has 0 unspecified atom stereocenters. The maximum atomic E-state index is 13.6. The topological polar surface area (TPSA) is 65.0 Å². The van der Waals surface area contributed by atoms with Gasteiger partial charge in [-0.2, -0.15) is 0 Å². The van der Waals surface area contributed by atoms with Crippen molar-refractivity contribution in [1.29, 1.82) is 0 Å². The fraction of sp³-hybridized carbons (Fsp3) is 0.0750. The van der Waals surface area contributed by atoms with Crippen molar-refractivity contribution in [2.45, 2.75) is 19.8 Å². The van der Waals surface area contributed by atoms with E-state index >= 15 is 0 Å². The highest BCUT2D eigenvalue weighted by Gasteiger charge is 2.19. The second kappa shape index (κ2) is 14.1. The third-order valence-electron chi connectivity index (χ3n) is 7.35. The summed E-state index contributed by atoms with van der Waals surface area (Å²) >= 11 is 0. The van der Waals surface area contributed by atoms with Crippen molar-refractivity contribution < 1.29 is 24.1 Å². The van der Waals surface area contributed by atoms with E-state index in [1.54, 1.807) is 24.3 Å². The van der Waals surface area contributed by atoms with Gasteiger partial charge in [0, 0.05) is 16.5 Å². The third-order valence-corrected chi connectivity index (χ3v) is 7.35. The number of carbonyl (C=O) groups is 1. The Hall–Kier alpha value is -5.81. The standard InChI is InChI=1S/C40H32O5/c41-36(23-22-33-21-20-32-18-10-11-19-35(32)39(33)42)34-24-37(43-26-29-12-4-1-5-13-29)40(45-28-31-16-8-3-9-17-31)38(25-34)44-27-30-14-6-2-7-15-30/h1-25,42H,26-28H2. The number of rotatable bonds is 12. The Labute approximate surface area is 262 Å². The van der Waals surface area contributed by atoms with Crippen LogP contribution in [0.3, 0.4) is 0 Å². The number of fused-ring (bicyclic) bond motifs is 1. The van der Waals surface area contributed by atoms with E-state index in [1.165, 1.54) is 6.08 Å². The van der Waals surface area contributed by atoms with E-state index in [9.17, 15) is 9.90 Å². The number of allylic oxidation sites excluding steroid dienone is 1. The van der Waals surface area contributed by atoms with Crippen LogP contribution in [0.4, 0.5) is 0 Å². The highest BCUT2D eigenvalue weighted by molar-refractivity contribution is 6.08. The van der Waals surface area contributed by atoms with Crippen LogP contribution in [0.25, 0.3) is 16.8 Å². The number of phenols is 1. The van der Waals surface area contributed by atoms with Gasteiger partial charge in [-0.15, -0.1) is 0 Å². The Morgan fingerprint density at radius 3 is 1.62 bits per heavy atom. The van der Waals surface area contributed by atoms with Gasteiger partial charge in [0.2, 0.25) is 5.75 Å². The summed E-state index contributed by atoms with van der Waals surface area (Å²) in [5, 5.41) is 12.5. The lowest BCUT2D eigenvalue weighted by Crippen LogP contribution is -2.06. The Balaban J connectivity index is 1.35. The SMILES string of the molecule is O=C(C=Cc1ccc2ccccc2c1O)c1cc(OCc2ccccc2)c(OCc2ccccc2)c(OCc2ccccc2)c1. The van der Waals surface area contributed by atoms with Gasteiger partial charge in [-0.25, -0.2) is 0 Å². The van der Waals surface area contributed by atoms with Crippen molar-refractivity contribution in [1.82, 2.24) is 0 Å². The monoisotopic (exact) mass is 592 g/mol. The maximum Gasteiger partial charge on any atom is 0.203 e. The molecule has 0 atom stereocenters. The predicted octanol–water partition coefficient (Wildman–Crippen LogP) is 9.18. The van der Waals surface area contributed by atoms with Gasteiger partial charge in [0.1, 0.15) is 25.6 Å². The summed E-state index contributed by atoms with van der Waals surface area (Å²) < 4.78 is 18.9. The van der Waals surface area contributed by atoms with E-state index in [4.69, 9.17) is 14.2 Å². The lowest BCUT2D eigenvalue weighted by atomic mass is 10.0. The highest BCUT2D eigenvalue weighted by atomic mass is 16.5. The lowest BCUT2D eigenvalue weighted by Gasteiger charge is -2.19. The van der Waals surface area contributed by atoms with E-state index in [-0.39, 0.29) is 24.7 Å². The largest absolute Gasteiger partial charge is 0.507 e. The van der Waals surface area contributed by atoms with Crippen LogP contribution in [0.1, 0.15) is 32.6 Å². The molecule has 0 saturated carbocycles. The predicted molar refractivity (Wildman–Crippen MR) is 178 cm³/mol. The van der Waals surface area contributed by atoms with Gasteiger partial charge in [0.25, 0.3) is 0 Å². The van der Waals surface area contributed by atoms with Gasteiger partial charge < -0.3 is 19.3 Å². The average Bonchev–Trinajstić information content (AvgIpc) is 3.10. The molecular weight excluding hydrogens is 560 g/mol. The Morgan fingerprint density at radius 1 is 0.578 bits per heavy atom. The summed E-state index contributed by atoms with van der Waals surface area (Å²) in [7, 11) is 0. The Bertz CT molecular complexity index is 1850. The van der Waals surface area contributed by atoms with Gasteiger partial charge in [-0.05, 0) is 46.4 Å². The molecule has 5 heteroatoms. The highest BCUT2D eigenvalue weighted by Crippen LogP contribution is 2.41.